The van der Waals surface area contributed by atoms with Crippen molar-refractivity contribution in [1.82, 2.24) is 20.4 Å². The van der Waals surface area contributed by atoms with Crippen molar-refractivity contribution >= 4 is 16.8 Å². The standard InChI is InChI=1S/C21H17F3N4O4/c1-30-17-4-2-3-15-14(17)11-16(26-15)19(29)25-9-10-31-13-7-5-12(6-8-13)18-27-20(32-28-18)21(22,23)24/h2-8,11,26H,9-10H2,1H3,(H,25,29). The number of carbonyl (C=O) groups is 1. The van der Waals surface area contributed by atoms with Gasteiger partial charge in [0.15, 0.2) is 0 Å². The van der Waals surface area contributed by atoms with Crippen LogP contribution in [-0.4, -0.2) is 41.3 Å². The van der Waals surface area contributed by atoms with Crippen molar-refractivity contribution < 1.29 is 32.0 Å². The van der Waals surface area contributed by atoms with Gasteiger partial charge in [-0.15, -0.1) is 0 Å². The Labute approximate surface area is 179 Å². The molecule has 11 heteroatoms. The van der Waals surface area contributed by atoms with Crippen LogP contribution in [0.5, 0.6) is 11.5 Å². The van der Waals surface area contributed by atoms with E-state index >= 15 is 0 Å². The Morgan fingerprint density at radius 1 is 1.19 bits per heavy atom. The quantitative estimate of drug-likeness (QED) is 0.415. The molecule has 0 bridgehead atoms. The van der Waals surface area contributed by atoms with Crippen LogP contribution in [0.3, 0.4) is 0 Å². The number of methoxy groups -OCH3 is 1. The topological polar surface area (TPSA) is 102 Å². The molecule has 0 aliphatic carbocycles. The number of fused-ring (bicyclic) bond motifs is 1. The van der Waals surface area contributed by atoms with Crippen molar-refractivity contribution in [1.29, 1.82) is 0 Å². The molecule has 4 aromatic rings. The lowest BCUT2D eigenvalue weighted by Crippen LogP contribution is -2.28. The first kappa shape index (κ1) is 21.2. The fourth-order valence-electron chi connectivity index (χ4n) is 3.01. The number of halogens is 3. The van der Waals surface area contributed by atoms with Crippen LogP contribution in [0.15, 0.2) is 53.1 Å². The molecule has 1 amide bonds. The highest BCUT2D eigenvalue weighted by atomic mass is 19.4. The van der Waals surface area contributed by atoms with Crippen LogP contribution >= 0.6 is 0 Å². The van der Waals surface area contributed by atoms with Crippen LogP contribution < -0.4 is 14.8 Å². The molecule has 0 atom stereocenters. The average Bonchev–Trinajstić information content (AvgIpc) is 3.44. The number of hydrogen-bond donors (Lipinski definition) is 2. The molecule has 166 valence electrons. The van der Waals surface area contributed by atoms with Gasteiger partial charge in [-0.1, -0.05) is 11.2 Å². The third-order valence-corrected chi connectivity index (χ3v) is 4.53. The van der Waals surface area contributed by atoms with E-state index in [2.05, 4.69) is 25.0 Å². The van der Waals surface area contributed by atoms with Gasteiger partial charge in [-0.25, -0.2) is 0 Å². The molecule has 0 aliphatic heterocycles. The molecule has 0 saturated heterocycles. The maximum absolute atomic E-state index is 12.6. The van der Waals surface area contributed by atoms with Crippen molar-refractivity contribution in [3.05, 3.63) is 60.1 Å². The summed E-state index contributed by atoms with van der Waals surface area (Å²) < 4.78 is 52.7. The number of hydrogen-bond acceptors (Lipinski definition) is 6. The molecule has 2 aromatic heterocycles. The van der Waals surface area contributed by atoms with Crippen LogP contribution in [0.2, 0.25) is 0 Å². The van der Waals surface area contributed by atoms with Gasteiger partial charge in [0.1, 0.15) is 23.8 Å². The van der Waals surface area contributed by atoms with Crippen LogP contribution in [0, 0.1) is 0 Å². The number of aromatic amines is 1. The van der Waals surface area contributed by atoms with Crippen molar-refractivity contribution in [3.8, 4) is 22.9 Å². The number of carbonyl (C=O) groups excluding carboxylic acids is 1. The fourth-order valence-corrected chi connectivity index (χ4v) is 3.01. The first-order valence-electron chi connectivity index (χ1n) is 9.43. The average molecular weight is 446 g/mol. The molecular formula is C21H17F3N4O4. The summed E-state index contributed by atoms with van der Waals surface area (Å²) in [7, 11) is 1.56. The second-order valence-corrected chi connectivity index (χ2v) is 6.65. The zero-order valence-electron chi connectivity index (χ0n) is 16.7. The van der Waals surface area contributed by atoms with Crippen LogP contribution in [0.25, 0.3) is 22.3 Å². The Bertz CT molecular complexity index is 1230. The molecule has 4 rings (SSSR count). The second-order valence-electron chi connectivity index (χ2n) is 6.65. The van der Waals surface area contributed by atoms with Crippen LogP contribution in [0.4, 0.5) is 13.2 Å². The van der Waals surface area contributed by atoms with Gasteiger partial charge in [0, 0.05) is 16.5 Å². The number of aromatic nitrogens is 3. The minimum Gasteiger partial charge on any atom is -0.496 e. The second kappa shape index (κ2) is 8.61. The maximum Gasteiger partial charge on any atom is 0.471 e. The Hall–Kier alpha value is -4.02. The van der Waals surface area contributed by atoms with E-state index in [-0.39, 0.29) is 24.9 Å². The van der Waals surface area contributed by atoms with Crippen molar-refractivity contribution in [2.45, 2.75) is 6.18 Å². The molecule has 0 fully saturated rings. The lowest BCUT2D eigenvalue weighted by molar-refractivity contribution is -0.159. The zero-order valence-corrected chi connectivity index (χ0v) is 16.7. The van der Waals surface area contributed by atoms with Crippen LogP contribution in [0.1, 0.15) is 16.4 Å². The summed E-state index contributed by atoms with van der Waals surface area (Å²) in [4.78, 5) is 18.7. The van der Waals surface area contributed by atoms with Gasteiger partial charge in [-0.05, 0) is 42.5 Å². The minimum atomic E-state index is -4.70. The van der Waals surface area contributed by atoms with Crippen molar-refractivity contribution in [2.24, 2.45) is 0 Å². The molecule has 0 radical (unpaired) electrons. The summed E-state index contributed by atoms with van der Waals surface area (Å²) in [6.07, 6.45) is -4.70. The minimum absolute atomic E-state index is 0.175. The third kappa shape index (κ3) is 4.51. The molecular weight excluding hydrogens is 429 g/mol. The van der Waals surface area contributed by atoms with Crippen LogP contribution in [-0.2, 0) is 6.18 Å². The molecule has 0 saturated carbocycles. The van der Waals surface area contributed by atoms with Gasteiger partial charge in [0.25, 0.3) is 5.91 Å². The third-order valence-electron chi connectivity index (χ3n) is 4.53. The molecule has 0 aliphatic rings. The lowest BCUT2D eigenvalue weighted by atomic mass is 10.2. The number of nitrogens with one attached hydrogen (secondary N) is 2. The van der Waals surface area contributed by atoms with E-state index in [0.717, 1.165) is 10.9 Å². The Morgan fingerprint density at radius 2 is 1.97 bits per heavy atom. The maximum atomic E-state index is 12.6. The highest BCUT2D eigenvalue weighted by molar-refractivity contribution is 5.99. The lowest BCUT2D eigenvalue weighted by Gasteiger charge is -2.07. The molecule has 2 heterocycles. The Kier molecular flexibility index (Phi) is 5.71. The summed E-state index contributed by atoms with van der Waals surface area (Å²) in [5, 5.41) is 6.88. The van der Waals surface area contributed by atoms with E-state index in [1.165, 1.54) is 12.1 Å². The zero-order chi connectivity index (χ0) is 22.7. The van der Waals surface area contributed by atoms with E-state index in [0.29, 0.717) is 22.8 Å². The summed E-state index contributed by atoms with van der Waals surface area (Å²) >= 11 is 0. The molecule has 2 N–H and O–H groups in total. The smallest absolute Gasteiger partial charge is 0.471 e. The first-order chi connectivity index (χ1) is 15.3. The SMILES string of the molecule is COc1cccc2[nH]c(C(=O)NCCOc3ccc(-c4noc(C(F)(F)F)n4)cc3)cc12. The van der Waals surface area contributed by atoms with Gasteiger partial charge in [0.2, 0.25) is 5.82 Å². The molecule has 8 nitrogen and oxygen atoms in total. The predicted octanol–water partition coefficient (Wildman–Crippen LogP) is 4.05. The molecule has 32 heavy (non-hydrogen) atoms. The summed E-state index contributed by atoms with van der Waals surface area (Å²) in [5.41, 5.74) is 1.53. The number of nitrogens with zero attached hydrogens (tertiary/aromatic N) is 2. The van der Waals surface area contributed by atoms with Gasteiger partial charge >= 0.3 is 12.1 Å². The van der Waals surface area contributed by atoms with Gasteiger partial charge in [0.05, 0.1) is 13.7 Å². The Morgan fingerprint density at radius 3 is 2.66 bits per heavy atom. The van der Waals surface area contributed by atoms with Gasteiger partial charge in [-0.2, -0.15) is 18.2 Å². The van der Waals surface area contributed by atoms with E-state index in [1.807, 2.05) is 18.2 Å². The molecule has 0 spiro atoms. The summed E-state index contributed by atoms with van der Waals surface area (Å²) in [6.45, 7) is 0.432. The highest BCUT2D eigenvalue weighted by Gasteiger charge is 2.38. The van der Waals surface area contributed by atoms with Crippen molar-refractivity contribution in [3.63, 3.8) is 0 Å². The number of rotatable bonds is 7. The number of alkyl halides is 3. The summed E-state index contributed by atoms with van der Waals surface area (Å²) in [5.74, 6) is -0.735. The normalized spacial score (nSPS) is 11.5. The van der Waals surface area contributed by atoms with Gasteiger partial charge < -0.3 is 24.3 Å². The summed E-state index contributed by atoms with van der Waals surface area (Å²) in [6, 6.07) is 13.3. The van der Waals surface area contributed by atoms with E-state index in [1.54, 1.807) is 25.3 Å². The number of benzene rings is 2. The first-order valence-corrected chi connectivity index (χ1v) is 9.43. The van der Waals surface area contributed by atoms with E-state index < -0.39 is 12.1 Å². The predicted molar refractivity (Wildman–Crippen MR) is 107 cm³/mol. The number of H-pyrrole nitrogens is 1. The Balaban J connectivity index is 1.29. The molecule has 0 unspecified atom stereocenters. The number of amides is 1. The van der Waals surface area contributed by atoms with E-state index in [4.69, 9.17) is 9.47 Å². The highest BCUT2D eigenvalue weighted by Crippen LogP contribution is 2.30. The van der Waals surface area contributed by atoms with E-state index in [9.17, 15) is 18.0 Å². The molecule has 2 aromatic carbocycles. The monoisotopic (exact) mass is 446 g/mol. The largest absolute Gasteiger partial charge is 0.496 e. The van der Waals surface area contributed by atoms with Gasteiger partial charge in [-0.3, -0.25) is 4.79 Å². The fraction of sp³-hybridized carbons (Fsp3) is 0.190. The van der Waals surface area contributed by atoms with Crippen molar-refractivity contribution in [2.75, 3.05) is 20.3 Å². The number of ether oxygens (including phenoxy) is 2.